The molecule has 18 heavy (non-hydrogen) atoms. The topological polar surface area (TPSA) is 96.6 Å². The molecule has 1 heterocycles. The largest absolute Gasteiger partial charge is 0.511 e. The highest BCUT2D eigenvalue weighted by molar-refractivity contribution is 7.90. The number of furan rings is 1. The number of alkyl halides is 3. The summed E-state index contributed by atoms with van der Waals surface area (Å²) in [6.07, 6.45) is 1.23. The second kappa shape index (κ2) is 6.40. The van der Waals surface area contributed by atoms with E-state index in [2.05, 4.69) is 4.42 Å². The summed E-state index contributed by atoms with van der Waals surface area (Å²) in [6, 6.07) is 2.80. The van der Waals surface area contributed by atoms with Gasteiger partial charge in [-0.05, 0) is 12.1 Å². The number of rotatable bonds is 3. The van der Waals surface area contributed by atoms with E-state index in [0.29, 0.717) is 0 Å². The van der Waals surface area contributed by atoms with Crippen LogP contribution in [0.3, 0.4) is 0 Å². The van der Waals surface area contributed by atoms with E-state index in [9.17, 15) is 21.6 Å². The predicted molar refractivity (Wildman–Crippen MR) is 53.8 cm³/mol. The van der Waals surface area contributed by atoms with Crippen molar-refractivity contribution in [1.82, 2.24) is 4.72 Å². The highest BCUT2D eigenvalue weighted by Crippen LogP contribution is 2.21. The fourth-order valence-corrected chi connectivity index (χ4v) is 1.16. The van der Waals surface area contributed by atoms with Gasteiger partial charge < -0.3 is 9.52 Å². The van der Waals surface area contributed by atoms with E-state index in [-0.39, 0.29) is 5.76 Å². The van der Waals surface area contributed by atoms with E-state index in [1.54, 1.807) is 0 Å². The van der Waals surface area contributed by atoms with Crippen molar-refractivity contribution in [2.75, 3.05) is 0 Å². The molecule has 0 unspecified atom stereocenters. The van der Waals surface area contributed by atoms with E-state index in [0.717, 1.165) is 6.92 Å². The van der Waals surface area contributed by atoms with Gasteiger partial charge in [0.2, 0.25) is 0 Å². The van der Waals surface area contributed by atoms with Crippen LogP contribution in [0.5, 0.6) is 0 Å². The number of nitrogens with one attached hydrogen (secondary N) is 1. The van der Waals surface area contributed by atoms with Crippen LogP contribution < -0.4 is 4.72 Å². The summed E-state index contributed by atoms with van der Waals surface area (Å²) in [5.74, 6) is -0.724. The molecule has 0 atom stereocenters. The Morgan fingerprint density at radius 3 is 2.33 bits per heavy atom. The number of carboxylic acids is 1. The fraction of sp³-hybridized carbons (Fsp3) is 0.375. The van der Waals surface area contributed by atoms with Crippen LogP contribution in [0.4, 0.5) is 13.2 Å². The Bertz CT molecular complexity index is 461. The highest BCUT2D eigenvalue weighted by Gasteiger charge is 2.45. The quantitative estimate of drug-likeness (QED) is 0.874. The monoisotopic (exact) mass is 289 g/mol. The molecule has 0 saturated heterocycles. The van der Waals surface area contributed by atoms with Gasteiger partial charge in [-0.2, -0.15) is 17.9 Å². The SMILES string of the molecule is CC(=O)O.O=S(=O)(NCc1ccco1)C(F)(F)F. The van der Waals surface area contributed by atoms with Crippen molar-refractivity contribution in [3.05, 3.63) is 24.2 Å². The molecule has 1 rings (SSSR count). The van der Waals surface area contributed by atoms with Crippen molar-refractivity contribution in [2.45, 2.75) is 19.0 Å². The van der Waals surface area contributed by atoms with Gasteiger partial charge in [-0.15, -0.1) is 0 Å². The normalized spacial score (nSPS) is 11.6. The Labute approximate surface area is 100 Å². The van der Waals surface area contributed by atoms with Gasteiger partial charge in [-0.1, -0.05) is 0 Å². The van der Waals surface area contributed by atoms with Gasteiger partial charge in [0, 0.05) is 6.92 Å². The minimum atomic E-state index is -5.29. The molecule has 0 aliphatic rings. The third-order valence-electron chi connectivity index (χ3n) is 1.32. The maximum atomic E-state index is 11.8. The highest BCUT2D eigenvalue weighted by atomic mass is 32.2. The number of sulfonamides is 1. The molecule has 0 fully saturated rings. The summed E-state index contributed by atoms with van der Waals surface area (Å²) < 4.78 is 62.3. The molecule has 2 N–H and O–H groups in total. The molecule has 0 radical (unpaired) electrons. The minimum absolute atomic E-state index is 0.109. The van der Waals surface area contributed by atoms with Crippen LogP contribution in [0.1, 0.15) is 12.7 Å². The van der Waals surface area contributed by atoms with Gasteiger partial charge in [0.05, 0.1) is 12.8 Å². The van der Waals surface area contributed by atoms with Crippen LogP contribution in [0, 0.1) is 0 Å². The van der Waals surface area contributed by atoms with Gasteiger partial charge in [0.15, 0.2) is 0 Å². The zero-order valence-corrected chi connectivity index (χ0v) is 9.88. The molecule has 0 spiro atoms. The first-order chi connectivity index (χ1) is 8.06. The Balaban J connectivity index is 0.000000631. The van der Waals surface area contributed by atoms with Crippen LogP contribution in [0.15, 0.2) is 22.8 Å². The molecule has 1 aromatic rings. The number of halogens is 3. The average Bonchev–Trinajstić information content (AvgIpc) is 2.64. The maximum absolute atomic E-state index is 11.8. The minimum Gasteiger partial charge on any atom is -0.481 e. The molecular weight excluding hydrogens is 279 g/mol. The summed E-state index contributed by atoms with van der Waals surface area (Å²) in [5.41, 5.74) is -5.29. The summed E-state index contributed by atoms with van der Waals surface area (Å²) in [6.45, 7) is 0.564. The van der Waals surface area contributed by atoms with Gasteiger partial charge in [0.1, 0.15) is 5.76 Å². The number of carbonyl (C=O) groups is 1. The number of hydrogen-bond donors (Lipinski definition) is 2. The molecule has 6 nitrogen and oxygen atoms in total. The fourth-order valence-electron chi connectivity index (χ4n) is 0.661. The second-order valence-corrected chi connectivity index (χ2v) is 4.63. The lowest BCUT2D eigenvalue weighted by Crippen LogP contribution is -2.35. The zero-order chi connectivity index (χ0) is 14.4. The van der Waals surface area contributed by atoms with E-state index in [4.69, 9.17) is 9.90 Å². The van der Waals surface area contributed by atoms with Crippen molar-refractivity contribution in [3.63, 3.8) is 0 Å². The molecule has 0 bridgehead atoms. The first-order valence-electron chi connectivity index (χ1n) is 4.34. The Kier molecular flexibility index (Phi) is 5.85. The number of carboxylic acid groups (broad SMARTS) is 1. The van der Waals surface area contributed by atoms with Crippen molar-refractivity contribution < 1.29 is 35.9 Å². The van der Waals surface area contributed by atoms with Crippen LogP contribution in [-0.2, 0) is 21.4 Å². The molecule has 0 aliphatic carbocycles. The Morgan fingerprint density at radius 2 is 2.00 bits per heavy atom. The van der Waals surface area contributed by atoms with Crippen LogP contribution in [0.25, 0.3) is 0 Å². The summed E-state index contributed by atoms with van der Waals surface area (Å²) in [4.78, 5) is 9.00. The lowest BCUT2D eigenvalue weighted by Gasteiger charge is -2.07. The number of hydrogen-bond acceptors (Lipinski definition) is 4. The molecular formula is C8H10F3NO5S. The first-order valence-corrected chi connectivity index (χ1v) is 5.82. The van der Waals surface area contributed by atoms with Gasteiger partial charge in [-0.25, -0.2) is 8.42 Å². The molecule has 0 aliphatic heterocycles. The lowest BCUT2D eigenvalue weighted by molar-refractivity contribution is -0.134. The number of aliphatic carboxylic acids is 1. The van der Waals surface area contributed by atoms with E-state index >= 15 is 0 Å². The van der Waals surface area contributed by atoms with Crippen LogP contribution in [0.2, 0.25) is 0 Å². The van der Waals surface area contributed by atoms with Crippen LogP contribution >= 0.6 is 0 Å². The third-order valence-corrected chi connectivity index (χ3v) is 2.46. The lowest BCUT2D eigenvalue weighted by atomic mass is 10.5. The van der Waals surface area contributed by atoms with Crippen molar-refractivity contribution in [3.8, 4) is 0 Å². The Morgan fingerprint density at radius 1 is 1.50 bits per heavy atom. The van der Waals surface area contributed by atoms with Crippen molar-refractivity contribution in [2.24, 2.45) is 0 Å². The molecule has 0 saturated carbocycles. The van der Waals surface area contributed by atoms with Gasteiger partial charge in [-0.3, -0.25) is 4.79 Å². The smallest absolute Gasteiger partial charge is 0.481 e. The van der Waals surface area contributed by atoms with Crippen molar-refractivity contribution >= 4 is 16.0 Å². The molecule has 1 aromatic heterocycles. The molecule has 0 aromatic carbocycles. The molecule has 0 amide bonds. The predicted octanol–water partition coefficient (Wildman–Crippen LogP) is 1.31. The van der Waals surface area contributed by atoms with Gasteiger partial charge >= 0.3 is 15.5 Å². The second-order valence-electron chi connectivity index (χ2n) is 2.87. The van der Waals surface area contributed by atoms with E-state index in [1.807, 2.05) is 0 Å². The van der Waals surface area contributed by atoms with Crippen molar-refractivity contribution in [1.29, 1.82) is 0 Å². The Hall–Kier alpha value is -1.55. The maximum Gasteiger partial charge on any atom is 0.511 e. The summed E-state index contributed by atoms with van der Waals surface area (Å²) in [7, 11) is -5.28. The van der Waals surface area contributed by atoms with Crippen LogP contribution in [-0.4, -0.2) is 25.0 Å². The summed E-state index contributed by atoms with van der Waals surface area (Å²) >= 11 is 0. The first kappa shape index (κ1) is 16.4. The van der Waals surface area contributed by atoms with Gasteiger partial charge in [0.25, 0.3) is 5.97 Å². The summed E-state index contributed by atoms with van der Waals surface area (Å²) in [5, 5.41) is 7.42. The van der Waals surface area contributed by atoms with E-state index in [1.165, 1.54) is 23.1 Å². The van der Waals surface area contributed by atoms with E-state index < -0.39 is 28.0 Å². The molecule has 10 heteroatoms. The molecule has 104 valence electrons. The zero-order valence-electron chi connectivity index (χ0n) is 9.06. The average molecular weight is 289 g/mol. The standard InChI is InChI=1S/C6H6F3NO3S.C2H4O2/c7-6(8,9)14(11,12)10-4-5-2-1-3-13-5;1-2(3)4/h1-3,10H,4H2;1H3,(H,3,4). The third kappa shape index (κ3) is 6.25.